The molecule has 0 saturated carbocycles. The Bertz CT molecular complexity index is 1470. The minimum absolute atomic E-state index is 0.0801. The first kappa shape index (κ1) is 23.1. The third-order valence-corrected chi connectivity index (χ3v) is 6.23. The van der Waals surface area contributed by atoms with Crippen molar-refractivity contribution in [2.75, 3.05) is 5.32 Å². The zero-order chi connectivity index (χ0) is 25.2. The second-order valence-electron chi connectivity index (χ2n) is 8.49. The maximum Gasteiger partial charge on any atom is 0.269 e. The number of amides is 1. The van der Waals surface area contributed by atoms with Crippen LogP contribution in [0, 0.1) is 10.1 Å². The summed E-state index contributed by atoms with van der Waals surface area (Å²) in [7, 11) is 0. The third kappa shape index (κ3) is 4.39. The zero-order valence-corrected chi connectivity index (χ0v) is 19.6. The van der Waals surface area contributed by atoms with Gasteiger partial charge in [-0.1, -0.05) is 43.3 Å². The van der Waals surface area contributed by atoms with Gasteiger partial charge in [0.2, 0.25) is 5.91 Å². The number of anilines is 1. The van der Waals surface area contributed by atoms with Crippen LogP contribution in [0.4, 0.5) is 17.1 Å². The largest absolute Gasteiger partial charge is 0.342 e. The number of nitro groups is 1. The van der Waals surface area contributed by atoms with E-state index in [9.17, 15) is 14.9 Å². The van der Waals surface area contributed by atoms with Crippen molar-refractivity contribution in [3.05, 3.63) is 106 Å². The van der Waals surface area contributed by atoms with Crippen LogP contribution in [0.1, 0.15) is 35.4 Å². The number of non-ortho nitro benzene ring substituents is 1. The molecule has 180 valence electrons. The van der Waals surface area contributed by atoms with Crippen LogP contribution >= 0.6 is 0 Å². The van der Waals surface area contributed by atoms with Gasteiger partial charge in [0.05, 0.1) is 28.2 Å². The van der Waals surface area contributed by atoms with Gasteiger partial charge in [0.15, 0.2) is 0 Å². The number of nitrogens with one attached hydrogen (secondary N) is 2. The second kappa shape index (κ2) is 9.55. The molecule has 9 nitrogen and oxygen atoms in total. The molecule has 1 aromatic heterocycles. The minimum Gasteiger partial charge on any atom is -0.342 e. The van der Waals surface area contributed by atoms with E-state index in [1.807, 2.05) is 55.5 Å². The van der Waals surface area contributed by atoms with Gasteiger partial charge >= 0.3 is 0 Å². The highest BCUT2D eigenvalue weighted by atomic mass is 16.6. The standard InChI is InChI=1S/C27H24N6O3/c1-2-24-29-15-23(31-24)17-7-9-19(10-8-17)30-26(18-5-3-16(14-28)4-6-18)25-21-13-20(33(35)36)11-12-22(21)32-27(25)34/h3-13,15,25H,2,14,28H2,1H3,(H,29,31)(H,32,34). The molecule has 2 heterocycles. The molecule has 3 aromatic carbocycles. The van der Waals surface area contributed by atoms with E-state index in [4.69, 9.17) is 10.7 Å². The molecule has 1 aliphatic rings. The monoisotopic (exact) mass is 480 g/mol. The number of carbonyl (C=O) groups excluding carboxylic acids is 1. The number of nitro benzene ring substituents is 1. The molecule has 36 heavy (non-hydrogen) atoms. The fourth-order valence-electron chi connectivity index (χ4n) is 4.28. The summed E-state index contributed by atoms with van der Waals surface area (Å²) in [4.78, 5) is 36.6. The van der Waals surface area contributed by atoms with E-state index in [0.29, 0.717) is 29.2 Å². The number of hydrogen-bond acceptors (Lipinski definition) is 6. The number of nitrogens with zero attached hydrogens (tertiary/aromatic N) is 3. The Morgan fingerprint density at radius 1 is 1.11 bits per heavy atom. The lowest BCUT2D eigenvalue weighted by molar-refractivity contribution is -0.384. The van der Waals surface area contributed by atoms with Crippen LogP contribution in [0.5, 0.6) is 0 Å². The molecule has 0 spiro atoms. The van der Waals surface area contributed by atoms with E-state index in [1.54, 1.807) is 12.3 Å². The van der Waals surface area contributed by atoms with Crippen LogP contribution in [0.25, 0.3) is 11.3 Å². The Kier molecular flexibility index (Phi) is 6.14. The van der Waals surface area contributed by atoms with Crippen molar-refractivity contribution in [2.45, 2.75) is 25.8 Å². The van der Waals surface area contributed by atoms with Crippen LogP contribution in [-0.2, 0) is 17.8 Å². The molecule has 1 unspecified atom stereocenters. The average Bonchev–Trinajstić information content (AvgIpc) is 3.51. The van der Waals surface area contributed by atoms with Gasteiger partial charge in [-0.15, -0.1) is 0 Å². The van der Waals surface area contributed by atoms with Gasteiger partial charge in [-0.05, 0) is 34.9 Å². The first-order chi connectivity index (χ1) is 17.5. The Morgan fingerprint density at radius 2 is 1.86 bits per heavy atom. The lowest BCUT2D eigenvalue weighted by Gasteiger charge is -2.14. The quantitative estimate of drug-likeness (QED) is 0.197. The van der Waals surface area contributed by atoms with Gasteiger partial charge in [-0.3, -0.25) is 19.9 Å². The Hall–Kier alpha value is -4.63. The summed E-state index contributed by atoms with van der Waals surface area (Å²) in [6.45, 7) is 2.43. The number of H-pyrrole nitrogens is 1. The molecule has 0 aliphatic carbocycles. The SMILES string of the molecule is CCc1ncc(-c2ccc(N=C(c3ccc(CN)cc3)C3C(=O)Nc4ccc([N+](=O)[O-])cc43)cc2)[nH]1. The van der Waals surface area contributed by atoms with E-state index >= 15 is 0 Å². The van der Waals surface area contributed by atoms with Gasteiger partial charge < -0.3 is 16.0 Å². The van der Waals surface area contributed by atoms with Crippen molar-refractivity contribution in [1.82, 2.24) is 9.97 Å². The van der Waals surface area contributed by atoms with E-state index in [-0.39, 0.29) is 11.6 Å². The van der Waals surface area contributed by atoms with Crippen molar-refractivity contribution >= 4 is 28.7 Å². The van der Waals surface area contributed by atoms with E-state index in [2.05, 4.69) is 15.3 Å². The van der Waals surface area contributed by atoms with Gasteiger partial charge in [0.25, 0.3) is 5.69 Å². The molecule has 1 atom stereocenters. The predicted octanol–water partition coefficient (Wildman–Crippen LogP) is 4.86. The third-order valence-electron chi connectivity index (χ3n) is 6.23. The lowest BCUT2D eigenvalue weighted by atomic mass is 9.90. The number of imidazole rings is 1. The number of rotatable bonds is 7. The van der Waals surface area contributed by atoms with Gasteiger partial charge in [-0.2, -0.15) is 0 Å². The first-order valence-corrected chi connectivity index (χ1v) is 11.6. The molecule has 4 aromatic rings. The van der Waals surface area contributed by atoms with Crippen molar-refractivity contribution in [3.8, 4) is 11.3 Å². The summed E-state index contributed by atoms with van der Waals surface area (Å²) >= 11 is 0. The topological polar surface area (TPSA) is 139 Å². The molecule has 5 rings (SSSR count). The minimum atomic E-state index is -0.803. The van der Waals surface area contributed by atoms with Gasteiger partial charge in [-0.25, -0.2) is 4.98 Å². The van der Waals surface area contributed by atoms with E-state index < -0.39 is 10.8 Å². The maximum atomic E-state index is 13.1. The number of nitrogens with two attached hydrogens (primary N) is 1. The normalized spacial score (nSPS) is 15.0. The molecule has 9 heteroatoms. The molecule has 4 N–H and O–H groups in total. The number of hydrogen-bond donors (Lipinski definition) is 3. The fourth-order valence-corrected chi connectivity index (χ4v) is 4.28. The predicted molar refractivity (Wildman–Crippen MR) is 138 cm³/mol. The number of aryl methyl sites for hydroxylation is 1. The van der Waals surface area contributed by atoms with Crippen molar-refractivity contribution in [2.24, 2.45) is 10.7 Å². The van der Waals surface area contributed by atoms with Crippen molar-refractivity contribution < 1.29 is 9.72 Å². The van der Waals surface area contributed by atoms with Crippen LogP contribution < -0.4 is 11.1 Å². The number of carbonyl (C=O) groups is 1. The molecule has 0 saturated heterocycles. The highest BCUT2D eigenvalue weighted by Crippen LogP contribution is 2.38. The number of aromatic nitrogens is 2. The summed E-state index contributed by atoms with van der Waals surface area (Å²) < 4.78 is 0. The number of aliphatic imine (C=N–C) groups is 1. The van der Waals surface area contributed by atoms with E-state index in [1.165, 1.54) is 12.1 Å². The first-order valence-electron chi connectivity index (χ1n) is 11.6. The molecule has 1 amide bonds. The smallest absolute Gasteiger partial charge is 0.269 e. The molecule has 0 fully saturated rings. The van der Waals surface area contributed by atoms with Crippen LogP contribution in [0.15, 0.2) is 77.9 Å². The lowest BCUT2D eigenvalue weighted by Crippen LogP contribution is -2.22. The second-order valence-corrected chi connectivity index (χ2v) is 8.49. The number of benzene rings is 3. The van der Waals surface area contributed by atoms with E-state index in [0.717, 1.165) is 34.6 Å². The summed E-state index contributed by atoms with van der Waals surface area (Å²) in [5, 5.41) is 14.2. The molecule has 0 bridgehead atoms. The summed E-state index contributed by atoms with van der Waals surface area (Å²) in [5.74, 6) is -0.174. The maximum absolute atomic E-state index is 13.1. The highest BCUT2D eigenvalue weighted by molar-refractivity contribution is 6.24. The molecule has 0 radical (unpaired) electrons. The Morgan fingerprint density at radius 3 is 2.50 bits per heavy atom. The summed E-state index contributed by atoms with van der Waals surface area (Å²) in [6, 6.07) is 19.5. The zero-order valence-electron chi connectivity index (χ0n) is 19.6. The average molecular weight is 481 g/mol. The number of aromatic amines is 1. The van der Waals surface area contributed by atoms with Crippen LogP contribution in [0.3, 0.4) is 0 Å². The van der Waals surface area contributed by atoms with Crippen LogP contribution in [-0.4, -0.2) is 26.5 Å². The Balaban J connectivity index is 1.59. The van der Waals surface area contributed by atoms with Crippen molar-refractivity contribution in [3.63, 3.8) is 0 Å². The van der Waals surface area contributed by atoms with Gasteiger partial charge in [0, 0.05) is 36.3 Å². The van der Waals surface area contributed by atoms with Crippen LogP contribution in [0.2, 0.25) is 0 Å². The molecular formula is C27H24N6O3. The van der Waals surface area contributed by atoms with Gasteiger partial charge in [0.1, 0.15) is 11.7 Å². The molecular weight excluding hydrogens is 456 g/mol. The highest BCUT2D eigenvalue weighted by Gasteiger charge is 2.36. The fraction of sp³-hybridized carbons (Fsp3) is 0.148. The van der Waals surface area contributed by atoms with Crippen molar-refractivity contribution in [1.29, 1.82) is 0 Å². The number of fused-ring (bicyclic) bond motifs is 1. The summed E-state index contributed by atoms with van der Waals surface area (Å²) in [6.07, 6.45) is 2.62. The Labute approximate surface area is 207 Å². The summed E-state index contributed by atoms with van der Waals surface area (Å²) in [5.41, 5.74) is 11.5. The molecule has 1 aliphatic heterocycles.